The number of amides is 1. The first-order valence-electron chi connectivity index (χ1n) is 12.8. The van der Waals surface area contributed by atoms with Crippen LogP contribution in [0.5, 0.6) is 5.75 Å². The van der Waals surface area contributed by atoms with E-state index in [-0.39, 0.29) is 42.2 Å². The zero-order valence-electron chi connectivity index (χ0n) is 21.6. The fourth-order valence-electron chi connectivity index (χ4n) is 4.91. The molecule has 1 aliphatic carbocycles. The van der Waals surface area contributed by atoms with Gasteiger partial charge in [-0.05, 0) is 80.1 Å². The van der Waals surface area contributed by atoms with E-state index in [0.29, 0.717) is 5.56 Å². The van der Waals surface area contributed by atoms with Crippen molar-refractivity contribution in [3.05, 3.63) is 65.5 Å². The molecule has 0 radical (unpaired) electrons. The van der Waals surface area contributed by atoms with E-state index in [2.05, 4.69) is 6.08 Å². The van der Waals surface area contributed by atoms with Gasteiger partial charge in [-0.2, -0.15) is 4.31 Å². The van der Waals surface area contributed by atoms with Gasteiger partial charge >= 0.3 is 0 Å². The Morgan fingerprint density at radius 3 is 2.59 bits per heavy atom. The van der Waals surface area contributed by atoms with E-state index in [1.165, 1.54) is 39.0 Å². The summed E-state index contributed by atoms with van der Waals surface area (Å²) in [6.45, 7) is 3.56. The number of ether oxygens (including phenoxy) is 1. The Kier molecular flexibility index (Phi) is 8.36. The lowest BCUT2D eigenvalue weighted by atomic mass is 9.93. The summed E-state index contributed by atoms with van der Waals surface area (Å²) in [5.74, 6) is -0.750. The number of allylic oxidation sites excluding steroid dienone is 2. The second-order valence-corrected chi connectivity index (χ2v) is 11.9. The van der Waals surface area contributed by atoms with Gasteiger partial charge in [-0.25, -0.2) is 12.8 Å². The SMILES string of the molecule is C[C@@H]1CN([C@H](C)CO)S(=O)(=O)c2ccc(C3=CCCCC3)cc2O[C@@H]1CN(C)C(=O)c1ccc(F)cc1. The first kappa shape index (κ1) is 27.3. The van der Waals surface area contributed by atoms with Crippen molar-refractivity contribution < 1.29 is 27.4 Å². The highest BCUT2D eigenvalue weighted by Crippen LogP contribution is 2.37. The lowest BCUT2D eigenvalue weighted by molar-refractivity contribution is 0.0563. The largest absolute Gasteiger partial charge is 0.487 e. The Bertz CT molecular complexity index is 1260. The molecule has 2 aliphatic rings. The first-order valence-corrected chi connectivity index (χ1v) is 14.2. The summed E-state index contributed by atoms with van der Waals surface area (Å²) in [5, 5.41) is 9.84. The highest BCUT2D eigenvalue weighted by atomic mass is 32.2. The molecule has 1 heterocycles. The molecule has 1 amide bonds. The second-order valence-electron chi connectivity index (χ2n) is 10.1. The van der Waals surface area contributed by atoms with Gasteiger partial charge in [0.25, 0.3) is 5.91 Å². The molecule has 4 rings (SSSR count). The Morgan fingerprint density at radius 2 is 1.95 bits per heavy atom. The molecule has 0 bridgehead atoms. The molecule has 0 saturated heterocycles. The Balaban J connectivity index is 1.71. The van der Waals surface area contributed by atoms with Gasteiger partial charge in [0.15, 0.2) is 0 Å². The summed E-state index contributed by atoms with van der Waals surface area (Å²) >= 11 is 0. The normalized spacial score (nSPS) is 22.6. The van der Waals surface area contributed by atoms with Crippen molar-refractivity contribution in [3.63, 3.8) is 0 Å². The molecule has 1 N–H and O–H groups in total. The van der Waals surface area contributed by atoms with Crippen LogP contribution in [0, 0.1) is 11.7 Å². The zero-order valence-corrected chi connectivity index (χ0v) is 22.4. The number of aliphatic hydroxyl groups is 1. The molecule has 9 heteroatoms. The van der Waals surface area contributed by atoms with Crippen LogP contribution in [0.1, 0.15) is 55.5 Å². The van der Waals surface area contributed by atoms with Gasteiger partial charge in [0.05, 0.1) is 13.2 Å². The van der Waals surface area contributed by atoms with Crippen LogP contribution in [0.4, 0.5) is 4.39 Å². The molecule has 0 saturated carbocycles. The Hall–Kier alpha value is -2.75. The van der Waals surface area contributed by atoms with E-state index < -0.39 is 28.0 Å². The summed E-state index contributed by atoms with van der Waals surface area (Å²) in [7, 11) is -2.29. The van der Waals surface area contributed by atoms with E-state index in [9.17, 15) is 22.7 Å². The minimum atomic E-state index is -3.94. The van der Waals surface area contributed by atoms with Crippen LogP contribution in [0.25, 0.3) is 5.57 Å². The van der Waals surface area contributed by atoms with Crippen molar-refractivity contribution in [2.75, 3.05) is 26.7 Å². The lowest BCUT2D eigenvalue weighted by Crippen LogP contribution is -2.50. The molecule has 0 aromatic heterocycles. The molecule has 0 fully saturated rings. The number of hydrogen-bond acceptors (Lipinski definition) is 5. The summed E-state index contributed by atoms with van der Waals surface area (Å²) < 4.78 is 48.4. The van der Waals surface area contributed by atoms with Crippen molar-refractivity contribution in [1.29, 1.82) is 0 Å². The topological polar surface area (TPSA) is 87.2 Å². The molecule has 0 unspecified atom stereocenters. The molecular formula is C28H35FN2O5S. The minimum absolute atomic E-state index is 0.0531. The fourth-order valence-corrected chi connectivity index (χ4v) is 6.74. The molecule has 2 aromatic rings. The molecular weight excluding hydrogens is 495 g/mol. The number of nitrogens with zero attached hydrogens (tertiary/aromatic N) is 2. The number of aliphatic hydroxyl groups excluding tert-OH is 1. The van der Waals surface area contributed by atoms with Gasteiger partial charge in [0.1, 0.15) is 22.6 Å². The summed E-state index contributed by atoms with van der Waals surface area (Å²) in [4.78, 5) is 14.6. The van der Waals surface area contributed by atoms with Crippen LogP contribution in [0.15, 0.2) is 53.4 Å². The first-order chi connectivity index (χ1) is 17.6. The average molecular weight is 531 g/mol. The van der Waals surface area contributed by atoms with Crippen LogP contribution in [0.2, 0.25) is 0 Å². The van der Waals surface area contributed by atoms with E-state index in [1.807, 2.05) is 13.0 Å². The molecule has 3 atom stereocenters. The maximum atomic E-state index is 13.7. The zero-order chi connectivity index (χ0) is 26.7. The molecule has 7 nitrogen and oxygen atoms in total. The predicted octanol–water partition coefficient (Wildman–Crippen LogP) is 4.32. The van der Waals surface area contributed by atoms with Gasteiger partial charge < -0.3 is 14.7 Å². The van der Waals surface area contributed by atoms with E-state index in [0.717, 1.165) is 31.2 Å². The van der Waals surface area contributed by atoms with Gasteiger partial charge in [0.2, 0.25) is 10.0 Å². The maximum Gasteiger partial charge on any atom is 0.253 e. The van der Waals surface area contributed by atoms with Gasteiger partial charge in [-0.15, -0.1) is 0 Å². The van der Waals surface area contributed by atoms with Gasteiger partial charge in [-0.3, -0.25) is 4.79 Å². The average Bonchev–Trinajstić information content (AvgIpc) is 2.90. The highest BCUT2D eigenvalue weighted by molar-refractivity contribution is 7.89. The van der Waals surface area contributed by atoms with Gasteiger partial charge in [-0.1, -0.05) is 19.1 Å². The van der Waals surface area contributed by atoms with E-state index in [1.54, 1.807) is 26.1 Å². The molecule has 200 valence electrons. The number of carbonyl (C=O) groups is 1. The number of benzene rings is 2. The summed E-state index contributed by atoms with van der Waals surface area (Å²) in [5.41, 5.74) is 2.46. The third kappa shape index (κ3) is 5.89. The van der Waals surface area contributed by atoms with Crippen molar-refractivity contribution in [2.24, 2.45) is 5.92 Å². The second kappa shape index (κ2) is 11.3. The van der Waals surface area contributed by atoms with Crippen LogP contribution in [0.3, 0.4) is 0 Å². The number of hydrogen-bond donors (Lipinski definition) is 1. The van der Waals surface area contributed by atoms with E-state index in [4.69, 9.17) is 4.74 Å². The molecule has 37 heavy (non-hydrogen) atoms. The quantitative estimate of drug-likeness (QED) is 0.601. The molecule has 2 aromatic carbocycles. The monoisotopic (exact) mass is 530 g/mol. The minimum Gasteiger partial charge on any atom is -0.487 e. The Morgan fingerprint density at radius 1 is 1.22 bits per heavy atom. The number of likely N-dealkylation sites (N-methyl/N-ethyl adjacent to an activating group) is 1. The number of fused-ring (bicyclic) bond motifs is 1. The Labute approximate surface area is 218 Å². The van der Waals surface area contributed by atoms with E-state index >= 15 is 0 Å². The number of sulfonamides is 1. The van der Waals surface area contributed by atoms with Crippen LogP contribution in [-0.2, 0) is 10.0 Å². The van der Waals surface area contributed by atoms with Crippen molar-refractivity contribution in [2.45, 2.75) is 56.6 Å². The molecule has 0 spiro atoms. The van der Waals surface area contributed by atoms with Crippen LogP contribution in [-0.4, -0.2) is 67.5 Å². The van der Waals surface area contributed by atoms with Crippen LogP contribution < -0.4 is 4.74 Å². The summed E-state index contributed by atoms with van der Waals surface area (Å²) in [6.07, 6.45) is 5.81. The third-order valence-electron chi connectivity index (χ3n) is 7.22. The predicted molar refractivity (Wildman–Crippen MR) is 140 cm³/mol. The standard InChI is InChI=1S/C28H35FN2O5S/c1-19-16-31(20(2)18-32)37(34,35)27-14-11-23(21-7-5-4-6-8-21)15-25(27)36-26(19)17-30(3)28(33)22-9-12-24(29)13-10-22/h7,9-15,19-20,26,32H,4-6,8,16-18H2,1-3H3/t19-,20-,26-/m1/s1. The fraction of sp³-hybridized carbons (Fsp3) is 0.464. The number of rotatable bonds is 6. The van der Waals surface area contributed by atoms with Crippen molar-refractivity contribution in [3.8, 4) is 5.75 Å². The lowest BCUT2D eigenvalue weighted by Gasteiger charge is -2.37. The van der Waals surface area contributed by atoms with Gasteiger partial charge in [0, 0.05) is 31.1 Å². The number of carbonyl (C=O) groups excluding carboxylic acids is 1. The smallest absolute Gasteiger partial charge is 0.253 e. The summed E-state index contributed by atoms with van der Waals surface area (Å²) in [6, 6.07) is 9.94. The van der Waals surface area contributed by atoms with Crippen LogP contribution >= 0.6 is 0 Å². The van der Waals surface area contributed by atoms with Crippen molar-refractivity contribution in [1.82, 2.24) is 9.21 Å². The highest BCUT2D eigenvalue weighted by Gasteiger charge is 2.38. The van der Waals surface area contributed by atoms with Crippen molar-refractivity contribution >= 4 is 21.5 Å². The third-order valence-corrected chi connectivity index (χ3v) is 9.24. The number of halogens is 1. The molecule has 1 aliphatic heterocycles. The maximum absolute atomic E-state index is 13.7.